The van der Waals surface area contributed by atoms with Crippen LogP contribution in [-0.2, 0) is 0 Å². The third-order valence-corrected chi connectivity index (χ3v) is 3.85. The van der Waals surface area contributed by atoms with Gasteiger partial charge in [-0.25, -0.2) is 4.98 Å². The number of hydrogen-bond acceptors (Lipinski definition) is 5. The molecule has 2 N–H and O–H groups in total. The Hall–Kier alpha value is -2.16. The van der Waals surface area contributed by atoms with Gasteiger partial charge in [0.25, 0.3) is 11.6 Å². The number of imidazole rings is 1. The van der Waals surface area contributed by atoms with Crippen molar-refractivity contribution in [2.24, 2.45) is 0 Å². The quantitative estimate of drug-likeness (QED) is 0.617. The van der Waals surface area contributed by atoms with Crippen LogP contribution in [0.5, 0.6) is 0 Å². The number of piperidine rings is 1. The summed E-state index contributed by atoms with van der Waals surface area (Å²) in [6.07, 6.45) is 6.56. The normalized spacial score (nSPS) is 16.2. The molecular weight excluding hydrogens is 369 g/mol. The Labute approximate surface area is 157 Å². The summed E-state index contributed by atoms with van der Waals surface area (Å²) < 4.78 is 1.55. The van der Waals surface area contributed by atoms with Crippen molar-refractivity contribution in [2.75, 3.05) is 13.1 Å². The second-order valence-electron chi connectivity index (χ2n) is 5.45. The number of hydrogen-bond donors (Lipinski definition) is 2. The molecule has 2 heterocycles. The third kappa shape index (κ3) is 4.91. The molecule has 1 fully saturated rings. The largest absolute Gasteiger partial charge is 0.348 e. The monoisotopic (exact) mass is 387 g/mol. The van der Waals surface area contributed by atoms with E-state index in [9.17, 15) is 14.9 Å². The molecule has 0 aliphatic carbocycles. The van der Waals surface area contributed by atoms with E-state index in [0.29, 0.717) is 5.69 Å². The van der Waals surface area contributed by atoms with Crippen molar-refractivity contribution in [3.05, 3.63) is 52.6 Å². The number of nitro benzene ring substituents is 1. The zero-order valence-corrected chi connectivity index (χ0v) is 14.9. The van der Waals surface area contributed by atoms with Crippen molar-refractivity contribution in [3.63, 3.8) is 0 Å². The van der Waals surface area contributed by atoms with Crippen molar-refractivity contribution in [1.29, 1.82) is 0 Å². The fourth-order valence-corrected chi connectivity index (χ4v) is 2.67. The molecule has 1 aliphatic heterocycles. The highest BCUT2D eigenvalue weighted by Crippen LogP contribution is 2.24. The van der Waals surface area contributed by atoms with Gasteiger partial charge in [0.15, 0.2) is 0 Å². The first-order valence-electron chi connectivity index (χ1n) is 7.43. The van der Waals surface area contributed by atoms with Gasteiger partial charge in [0.1, 0.15) is 5.69 Å². The first kappa shape index (κ1) is 20.9. The number of benzene rings is 1. The highest BCUT2D eigenvalue weighted by Gasteiger charge is 2.21. The van der Waals surface area contributed by atoms with Crippen LogP contribution in [0.1, 0.15) is 23.2 Å². The van der Waals surface area contributed by atoms with Gasteiger partial charge in [0.2, 0.25) is 0 Å². The summed E-state index contributed by atoms with van der Waals surface area (Å²) in [4.78, 5) is 27.0. The topological polar surface area (TPSA) is 102 Å². The maximum absolute atomic E-state index is 12.3. The van der Waals surface area contributed by atoms with Crippen LogP contribution in [0.2, 0.25) is 0 Å². The summed E-state index contributed by atoms with van der Waals surface area (Å²) in [5.41, 5.74) is 0.534. The lowest BCUT2D eigenvalue weighted by molar-refractivity contribution is -0.384. The average molecular weight is 388 g/mol. The van der Waals surface area contributed by atoms with E-state index in [4.69, 9.17) is 0 Å². The van der Waals surface area contributed by atoms with Crippen LogP contribution in [0.3, 0.4) is 0 Å². The Morgan fingerprint density at radius 1 is 1.40 bits per heavy atom. The first-order chi connectivity index (χ1) is 11.1. The minimum Gasteiger partial charge on any atom is -0.348 e. The molecule has 1 atom stereocenters. The summed E-state index contributed by atoms with van der Waals surface area (Å²) >= 11 is 0. The second-order valence-corrected chi connectivity index (χ2v) is 5.45. The number of carbonyl (C=O) groups is 1. The Kier molecular flexibility index (Phi) is 7.82. The Morgan fingerprint density at radius 2 is 2.20 bits per heavy atom. The summed E-state index contributed by atoms with van der Waals surface area (Å²) in [6, 6.07) is 4.52. The molecule has 0 spiro atoms. The van der Waals surface area contributed by atoms with E-state index >= 15 is 0 Å². The maximum atomic E-state index is 12.3. The molecule has 0 unspecified atom stereocenters. The van der Waals surface area contributed by atoms with Gasteiger partial charge in [0.05, 0.1) is 11.3 Å². The lowest BCUT2D eigenvalue weighted by Gasteiger charge is -2.23. The second kappa shape index (κ2) is 9.36. The Morgan fingerprint density at radius 3 is 2.80 bits per heavy atom. The van der Waals surface area contributed by atoms with E-state index in [-0.39, 0.29) is 48.0 Å². The van der Waals surface area contributed by atoms with Gasteiger partial charge in [-0.1, -0.05) is 0 Å². The van der Waals surface area contributed by atoms with Gasteiger partial charge in [-0.05, 0) is 31.5 Å². The fourth-order valence-electron chi connectivity index (χ4n) is 2.67. The van der Waals surface area contributed by atoms with E-state index in [1.165, 1.54) is 12.4 Å². The number of nitrogens with one attached hydrogen (secondary N) is 2. The molecule has 0 bridgehead atoms. The first-order valence-corrected chi connectivity index (χ1v) is 7.43. The molecule has 2 aromatic rings. The molecular formula is C15H19Cl2N5O3. The van der Waals surface area contributed by atoms with Gasteiger partial charge >= 0.3 is 0 Å². The Bertz CT molecular complexity index is 718. The molecule has 10 heteroatoms. The minimum atomic E-state index is -0.492. The average Bonchev–Trinajstić information content (AvgIpc) is 3.09. The molecule has 0 radical (unpaired) electrons. The summed E-state index contributed by atoms with van der Waals surface area (Å²) in [6.45, 7) is 1.68. The highest BCUT2D eigenvalue weighted by atomic mass is 35.5. The standard InChI is InChI=1S/C15H17N5O3.2ClH/c21-15(18-12-2-1-5-16-9-12)11-3-4-13(14(8-11)20(22)23)19-7-6-17-10-19;;/h3-4,6-8,10,12,16H,1-2,5,9H2,(H,18,21);2*1H/t12-;;/m0../s1. The molecule has 1 aliphatic rings. The number of carbonyl (C=O) groups excluding carboxylic acids is 1. The van der Waals surface area contributed by atoms with Crippen molar-refractivity contribution >= 4 is 36.4 Å². The number of halogens is 2. The summed E-state index contributed by atoms with van der Waals surface area (Å²) in [5, 5.41) is 17.4. The van der Waals surface area contributed by atoms with Crippen molar-refractivity contribution < 1.29 is 9.72 Å². The van der Waals surface area contributed by atoms with Crippen molar-refractivity contribution in [3.8, 4) is 5.69 Å². The predicted molar refractivity (Wildman–Crippen MR) is 98.1 cm³/mol. The number of rotatable bonds is 4. The smallest absolute Gasteiger partial charge is 0.294 e. The molecule has 8 nitrogen and oxygen atoms in total. The van der Waals surface area contributed by atoms with E-state index < -0.39 is 4.92 Å². The van der Waals surface area contributed by atoms with Gasteiger partial charge in [-0.3, -0.25) is 14.9 Å². The number of amides is 1. The number of nitrogens with zero attached hydrogens (tertiary/aromatic N) is 3. The van der Waals surface area contributed by atoms with E-state index in [0.717, 1.165) is 25.9 Å². The molecule has 1 aromatic heterocycles. The van der Waals surface area contributed by atoms with Crippen LogP contribution in [0, 0.1) is 10.1 Å². The fraction of sp³-hybridized carbons (Fsp3) is 0.333. The maximum Gasteiger partial charge on any atom is 0.294 e. The lowest BCUT2D eigenvalue weighted by Crippen LogP contribution is -2.45. The van der Waals surface area contributed by atoms with Crippen molar-refractivity contribution in [2.45, 2.75) is 18.9 Å². The van der Waals surface area contributed by atoms with Gasteiger partial charge in [-0.2, -0.15) is 0 Å². The van der Waals surface area contributed by atoms with Crippen LogP contribution < -0.4 is 10.6 Å². The lowest BCUT2D eigenvalue weighted by atomic mass is 10.1. The van der Waals surface area contributed by atoms with Gasteiger partial charge < -0.3 is 15.2 Å². The zero-order valence-electron chi connectivity index (χ0n) is 13.3. The van der Waals surface area contributed by atoms with Crippen LogP contribution in [0.15, 0.2) is 36.9 Å². The van der Waals surface area contributed by atoms with E-state index in [1.54, 1.807) is 29.1 Å². The van der Waals surface area contributed by atoms with E-state index in [2.05, 4.69) is 15.6 Å². The van der Waals surface area contributed by atoms with Gasteiger partial charge in [0, 0.05) is 36.6 Å². The van der Waals surface area contributed by atoms with Crippen LogP contribution in [0.4, 0.5) is 5.69 Å². The van der Waals surface area contributed by atoms with Crippen molar-refractivity contribution in [1.82, 2.24) is 20.2 Å². The van der Waals surface area contributed by atoms with Crippen LogP contribution in [-0.4, -0.2) is 39.5 Å². The van der Waals surface area contributed by atoms with Crippen LogP contribution in [0.25, 0.3) is 5.69 Å². The predicted octanol–water partition coefficient (Wildman–Crippen LogP) is 2.11. The molecule has 136 valence electrons. The third-order valence-electron chi connectivity index (χ3n) is 3.85. The molecule has 1 aromatic carbocycles. The number of nitro groups is 1. The zero-order chi connectivity index (χ0) is 16.2. The SMILES string of the molecule is Cl.Cl.O=C(N[C@H]1CCCNC1)c1ccc(-n2ccnc2)c([N+](=O)[O-])c1. The molecule has 25 heavy (non-hydrogen) atoms. The summed E-state index contributed by atoms with van der Waals surface area (Å²) in [5.74, 6) is -0.293. The summed E-state index contributed by atoms with van der Waals surface area (Å²) in [7, 11) is 0. The molecule has 1 amide bonds. The minimum absolute atomic E-state index is 0. The van der Waals surface area contributed by atoms with E-state index in [1.807, 2.05) is 0 Å². The Balaban J connectivity index is 0.00000156. The molecule has 3 rings (SSSR count). The number of aromatic nitrogens is 2. The molecule has 0 saturated carbocycles. The van der Waals surface area contributed by atoms with Gasteiger partial charge in [-0.15, -0.1) is 24.8 Å². The van der Waals surface area contributed by atoms with Crippen LogP contribution >= 0.6 is 24.8 Å². The molecule has 1 saturated heterocycles. The highest BCUT2D eigenvalue weighted by molar-refractivity contribution is 5.95.